The third-order valence-electron chi connectivity index (χ3n) is 4.01. The molecule has 0 aliphatic heterocycles. The minimum Gasteiger partial charge on any atom is -0.0848 e. The van der Waals surface area contributed by atoms with Gasteiger partial charge in [-0.2, -0.15) is 0 Å². The van der Waals surface area contributed by atoms with Gasteiger partial charge in [0.05, 0.1) is 0 Å². The molecule has 2 unspecified atom stereocenters. The fourth-order valence-corrected chi connectivity index (χ4v) is 4.37. The molecule has 0 aromatic carbocycles. The Bertz CT molecular complexity index is 236. The van der Waals surface area contributed by atoms with E-state index in [1.165, 1.54) is 38.1 Å². The van der Waals surface area contributed by atoms with E-state index in [1.54, 1.807) is 0 Å². The van der Waals surface area contributed by atoms with Gasteiger partial charge in [-0.1, -0.05) is 44.3 Å². The predicted molar refractivity (Wildman–Crippen MR) is 66.3 cm³/mol. The fraction of sp³-hybridized carbons (Fsp3) is 0.846. The van der Waals surface area contributed by atoms with Gasteiger partial charge < -0.3 is 0 Å². The van der Waals surface area contributed by atoms with Crippen LogP contribution in [-0.4, -0.2) is 8.07 Å². The van der Waals surface area contributed by atoms with Gasteiger partial charge in [-0.25, -0.2) is 0 Å². The predicted octanol–water partition coefficient (Wildman–Crippen LogP) is 4.46. The molecule has 0 N–H and O–H groups in total. The summed E-state index contributed by atoms with van der Waals surface area (Å²) in [5.74, 6) is 0.960. The summed E-state index contributed by atoms with van der Waals surface area (Å²) in [5, 5.41) is 0. The van der Waals surface area contributed by atoms with E-state index < -0.39 is 8.07 Å². The molecule has 2 aliphatic rings. The van der Waals surface area contributed by atoms with Crippen LogP contribution in [-0.2, 0) is 0 Å². The summed E-state index contributed by atoms with van der Waals surface area (Å²) in [5.41, 5.74) is 0.671. The van der Waals surface area contributed by atoms with Crippen LogP contribution in [0.15, 0.2) is 12.2 Å². The van der Waals surface area contributed by atoms with Gasteiger partial charge in [0.25, 0.3) is 0 Å². The van der Waals surface area contributed by atoms with E-state index in [-0.39, 0.29) is 0 Å². The van der Waals surface area contributed by atoms with E-state index in [1.807, 2.05) is 0 Å². The second-order valence-corrected chi connectivity index (χ2v) is 12.3. The molecule has 0 nitrogen and oxygen atoms in total. The first-order valence-electron chi connectivity index (χ1n) is 6.19. The van der Waals surface area contributed by atoms with Gasteiger partial charge in [0.1, 0.15) is 0 Å². The number of fused-ring (bicyclic) bond motifs is 2. The molecule has 1 saturated carbocycles. The Morgan fingerprint density at radius 3 is 2.57 bits per heavy atom. The third-order valence-corrected chi connectivity index (χ3v) is 5.86. The lowest BCUT2D eigenvalue weighted by atomic mass is 9.83. The zero-order valence-electron chi connectivity index (χ0n) is 9.97. The summed E-state index contributed by atoms with van der Waals surface area (Å²) in [4.78, 5) is 0. The number of hydrogen-bond donors (Lipinski definition) is 0. The molecule has 14 heavy (non-hydrogen) atoms. The van der Waals surface area contributed by atoms with Crippen LogP contribution in [0, 0.1) is 11.3 Å². The Morgan fingerprint density at radius 1 is 1.36 bits per heavy atom. The SMILES string of the molecule is C[Si](C)(C)CCCC12C=CC(CC1)C2. The van der Waals surface area contributed by atoms with Crippen LogP contribution < -0.4 is 0 Å². The van der Waals surface area contributed by atoms with Gasteiger partial charge in [0.2, 0.25) is 0 Å². The molecule has 1 heteroatoms. The normalized spacial score (nSPS) is 35.5. The first-order valence-corrected chi connectivity index (χ1v) is 9.89. The van der Waals surface area contributed by atoms with Gasteiger partial charge in [0, 0.05) is 8.07 Å². The van der Waals surface area contributed by atoms with Gasteiger partial charge in [0.15, 0.2) is 0 Å². The average Bonchev–Trinajstić information content (AvgIpc) is 2.60. The average molecular weight is 208 g/mol. The third kappa shape index (κ3) is 2.30. The minimum atomic E-state index is -0.785. The van der Waals surface area contributed by atoms with Crippen molar-refractivity contribution in [2.75, 3.05) is 0 Å². The minimum absolute atomic E-state index is 0.671. The van der Waals surface area contributed by atoms with Gasteiger partial charge in [-0.3, -0.25) is 0 Å². The van der Waals surface area contributed by atoms with Gasteiger partial charge >= 0.3 is 0 Å². The van der Waals surface area contributed by atoms with Crippen LogP contribution in [0.5, 0.6) is 0 Å². The van der Waals surface area contributed by atoms with Gasteiger partial charge in [-0.15, -0.1) is 0 Å². The number of hydrogen-bond acceptors (Lipinski definition) is 0. The van der Waals surface area contributed by atoms with E-state index in [2.05, 4.69) is 31.8 Å². The summed E-state index contributed by atoms with van der Waals surface area (Å²) < 4.78 is 0. The smallest absolute Gasteiger partial charge is 0.0442 e. The fourth-order valence-electron chi connectivity index (χ4n) is 3.14. The summed E-state index contributed by atoms with van der Waals surface area (Å²) in [7, 11) is -0.785. The molecular formula is C13H24Si. The highest BCUT2D eigenvalue weighted by Gasteiger charge is 2.39. The van der Waals surface area contributed by atoms with Crippen molar-refractivity contribution in [1.29, 1.82) is 0 Å². The molecule has 2 atom stereocenters. The maximum absolute atomic E-state index is 2.55. The van der Waals surface area contributed by atoms with Crippen LogP contribution in [0.4, 0.5) is 0 Å². The number of rotatable bonds is 4. The maximum atomic E-state index is 2.55. The molecule has 0 radical (unpaired) electrons. The number of allylic oxidation sites excluding steroid dienone is 2. The molecule has 2 bridgehead atoms. The zero-order valence-corrected chi connectivity index (χ0v) is 11.0. The Kier molecular flexibility index (Phi) is 2.63. The lowest BCUT2D eigenvalue weighted by Gasteiger charge is -2.25. The molecule has 80 valence electrons. The van der Waals surface area contributed by atoms with Crippen molar-refractivity contribution in [3.8, 4) is 0 Å². The second kappa shape index (κ2) is 3.51. The summed E-state index contributed by atoms with van der Waals surface area (Å²) in [6, 6.07) is 1.52. The van der Waals surface area contributed by atoms with Crippen molar-refractivity contribution in [2.24, 2.45) is 11.3 Å². The first-order chi connectivity index (χ1) is 6.49. The van der Waals surface area contributed by atoms with Crippen molar-refractivity contribution in [3.05, 3.63) is 12.2 Å². The van der Waals surface area contributed by atoms with Crippen LogP contribution in [0.25, 0.3) is 0 Å². The van der Waals surface area contributed by atoms with E-state index in [0.29, 0.717) is 5.41 Å². The van der Waals surface area contributed by atoms with Crippen molar-refractivity contribution in [2.45, 2.75) is 57.8 Å². The first kappa shape index (κ1) is 10.5. The largest absolute Gasteiger partial charge is 0.0848 e. The van der Waals surface area contributed by atoms with Crippen LogP contribution in [0.3, 0.4) is 0 Å². The summed E-state index contributed by atoms with van der Waals surface area (Å²) in [6.07, 6.45) is 12.4. The Balaban J connectivity index is 1.79. The summed E-state index contributed by atoms with van der Waals surface area (Å²) >= 11 is 0. The molecule has 1 fully saturated rings. The van der Waals surface area contributed by atoms with E-state index >= 15 is 0 Å². The molecule has 0 aromatic heterocycles. The molecular weight excluding hydrogens is 184 g/mol. The van der Waals surface area contributed by atoms with E-state index in [0.717, 1.165) is 5.92 Å². The van der Waals surface area contributed by atoms with Crippen molar-refractivity contribution < 1.29 is 0 Å². The molecule has 2 aliphatic carbocycles. The molecule has 0 aromatic rings. The van der Waals surface area contributed by atoms with Crippen molar-refractivity contribution in [1.82, 2.24) is 0 Å². The topological polar surface area (TPSA) is 0 Å². The van der Waals surface area contributed by atoms with Crippen LogP contribution in [0.1, 0.15) is 32.1 Å². The van der Waals surface area contributed by atoms with Crippen molar-refractivity contribution in [3.63, 3.8) is 0 Å². The Labute approximate surface area is 89.8 Å². The van der Waals surface area contributed by atoms with Gasteiger partial charge in [-0.05, 0) is 37.0 Å². The standard InChI is InChI=1S/C13H24Si/c1-14(2,3)10-4-7-13-8-5-12(11-13)6-9-13/h5,8,12H,4,6-7,9-11H2,1-3H3. The molecule has 0 heterocycles. The van der Waals surface area contributed by atoms with E-state index in [9.17, 15) is 0 Å². The van der Waals surface area contributed by atoms with E-state index in [4.69, 9.17) is 0 Å². The molecule has 0 amide bonds. The summed E-state index contributed by atoms with van der Waals surface area (Å²) in [6.45, 7) is 7.48. The van der Waals surface area contributed by atoms with Crippen molar-refractivity contribution >= 4 is 8.07 Å². The van der Waals surface area contributed by atoms with Crippen LogP contribution >= 0.6 is 0 Å². The molecule has 0 saturated heterocycles. The maximum Gasteiger partial charge on any atom is 0.0442 e. The lowest BCUT2D eigenvalue weighted by Crippen LogP contribution is -2.20. The highest BCUT2D eigenvalue weighted by molar-refractivity contribution is 6.76. The quantitative estimate of drug-likeness (QED) is 0.472. The molecule has 2 rings (SSSR count). The highest BCUT2D eigenvalue weighted by atomic mass is 28.3. The Morgan fingerprint density at radius 2 is 2.14 bits per heavy atom. The molecule has 0 spiro atoms. The lowest BCUT2D eigenvalue weighted by molar-refractivity contribution is 0.365. The monoisotopic (exact) mass is 208 g/mol. The zero-order chi connectivity index (χ0) is 10.2. The second-order valence-electron chi connectivity index (χ2n) is 6.64. The van der Waals surface area contributed by atoms with Crippen LogP contribution in [0.2, 0.25) is 25.7 Å². The highest BCUT2D eigenvalue weighted by Crippen LogP contribution is 2.52. The Hall–Kier alpha value is -0.0431.